The quantitative estimate of drug-likeness (QED) is 0.427. The molecule has 0 aliphatic carbocycles. The second-order valence-electron chi connectivity index (χ2n) is 5.76. The van der Waals surface area contributed by atoms with Crippen LogP contribution in [0, 0.1) is 13.8 Å². The van der Waals surface area contributed by atoms with Crippen molar-refractivity contribution in [3.8, 4) is 11.5 Å². The van der Waals surface area contributed by atoms with Gasteiger partial charge in [0.2, 0.25) is 0 Å². The molecule has 0 saturated heterocycles. The largest absolute Gasteiger partial charge is 0.487 e. The van der Waals surface area contributed by atoms with E-state index in [2.05, 4.69) is 15.9 Å². The van der Waals surface area contributed by atoms with E-state index in [4.69, 9.17) is 23.7 Å². The van der Waals surface area contributed by atoms with Gasteiger partial charge in [0.05, 0.1) is 4.47 Å². The van der Waals surface area contributed by atoms with Gasteiger partial charge in [0.1, 0.15) is 23.7 Å². The number of methoxy groups -OCH3 is 2. The molecule has 0 unspecified atom stereocenters. The van der Waals surface area contributed by atoms with Crippen molar-refractivity contribution >= 4 is 21.9 Å². The van der Waals surface area contributed by atoms with Gasteiger partial charge in [-0.1, -0.05) is 30.3 Å². The Morgan fingerprint density at radius 2 is 1.59 bits per heavy atom. The minimum absolute atomic E-state index is 0.00933. The van der Waals surface area contributed by atoms with Gasteiger partial charge in [-0.2, -0.15) is 0 Å². The topological polar surface area (TPSA) is 63.2 Å². The van der Waals surface area contributed by atoms with Gasteiger partial charge in [-0.05, 0) is 40.9 Å². The standard InChI is InChI=1S/C20H23BrO6/c1-13-16(20(22)27-12-24-4)18(26-11-23-3)14(2)19(17(13)21)25-10-15-8-6-5-7-9-15/h5-9H,10-12H2,1-4H3. The van der Waals surface area contributed by atoms with Gasteiger partial charge < -0.3 is 23.7 Å². The van der Waals surface area contributed by atoms with Crippen molar-refractivity contribution < 1.29 is 28.5 Å². The molecule has 0 aromatic heterocycles. The second-order valence-corrected chi connectivity index (χ2v) is 6.55. The molecule has 27 heavy (non-hydrogen) atoms. The third-order valence-corrected chi connectivity index (χ3v) is 4.83. The van der Waals surface area contributed by atoms with Crippen LogP contribution >= 0.6 is 15.9 Å². The third-order valence-electron chi connectivity index (χ3n) is 3.87. The van der Waals surface area contributed by atoms with E-state index >= 15 is 0 Å². The van der Waals surface area contributed by atoms with Crippen molar-refractivity contribution in [3.05, 3.63) is 57.1 Å². The molecule has 7 heteroatoms. The van der Waals surface area contributed by atoms with E-state index in [-0.39, 0.29) is 13.6 Å². The summed E-state index contributed by atoms with van der Waals surface area (Å²) in [6, 6.07) is 9.82. The zero-order chi connectivity index (χ0) is 19.8. The molecule has 0 bridgehead atoms. The minimum atomic E-state index is -0.543. The summed E-state index contributed by atoms with van der Waals surface area (Å²) in [7, 11) is 2.96. The van der Waals surface area contributed by atoms with Gasteiger partial charge in [-0.25, -0.2) is 4.79 Å². The summed E-state index contributed by atoms with van der Waals surface area (Å²) in [6.07, 6.45) is 0. The fourth-order valence-electron chi connectivity index (χ4n) is 2.54. The Hall–Kier alpha value is -2.09. The van der Waals surface area contributed by atoms with Crippen molar-refractivity contribution in [2.24, 2.45) is 0 Å². The van der Waals surface area contributed by atoms with Gasteiger partial charge in [-0.3, -0.25) is 0 Å². The van der Waals surface area contributed by atoms with E-state index < -0.39 is 5.97 Å². The predicted octanol–water partition coefficient (Wildman–Crippen LogP) is 4.39. The van der Waals surface area contributed by atoms with E-state index in [0.717, 1.165) is 5.56 Å². The van der Waals surface area contributed by atoms with Crippen LogP contribution in [0.5, 0.6) is 11.5 Å². The zero-order valence-corrected chi connectivity index (χ0v) is 17.4. The number of esters is 1. The minimum Gasteiger partial charge on any atom is -0.487 e. The van der Waals surface area contributed by atoms with Gasteiger partial charge in [0.25, 0.3) is 0 Å². The van der Waals surface area contributed by atoms with E-state index in [1.165, 1.54) is 14.2 Å². The SMILES string of the molecule is COCOC(=O)c1c(C)c(Br)c(OCc2ccccc2)c(C)c1OCOC. The number of halogens is 1. The van der Waals surface area contributed by atoms with Gasteiger partial charge in [-0.15, -0.1) is 0 Å². The van der Waals surface area contributed by atoms with Crippen LogP contribution in [0.4, 0.5) is 0 Å². The number of benzene rings is 2. The molecule has 0 amide bonds. The Balaban J connectivity index is 2.42. The van der Waals surface area contributed by atoms with E-state index in [1.54, 1.807) is 6.92 Å². The van der Waals surface area contributed by atoms with Crippen LogP contribution < -0.4 is 9.47 Å². The Bertz CT molecular complexity index is 776. The molecule has 0 saturated carbocycles. The molecule has 0 aliphatic rings. The average molecular weight is 439 g/mol. The lowest BCUT2D eigenvalue weighted by atomic mass is 10.0. The molecule has 2 aromatic rings. The molecular formula is C20H23BrO6. The summed E-state index contributed by atoms with van der Waals surface area (Å²) in [5.41, 5.74) is 2.66. The van der Waals surface area contributed by atoms with Gasteiger partial charge in [0, 0.05) is 19.8 Å². The summed E-state index contributed by atoms with van der Waals surface area (Å²) in [6.45, 7) is 3.84. The first kappa shape index (κ1) is 21.2. The molecule has 146 valence electrons. The average Bonchev–Trinajstić information content (AvgIpc) is 2.68. The van der Waals surface area contributed by atoms with E-state index in [9.17, 15) is 4.79 Å². The first-order chi connectivity index (χ1) is 13.0. The Morgan fingerprint density at radius 3 is 2.22 bits per heavy atom. The summed E-state index contributed by atoms with van der Waals surface area (Å²) >= 11 is 3.54. The fraction of sp³-hybridized carbons (Fsp3) is 0.350. The highest BCUT2D eigenvalue weighted by molar-refractivity contribution is 9.10. The molecule has 0 radical (unpaired) electrons. The van der Waals surface area contributed by atoms with E-state index in [0.29, 0.717) is 39.3 Å². The van der Waals surface area contributed by atoms with Crippen LogP contribution in [0.1, 0.15) is 27.0 Å². The summed E-state index contributed by atoms with van der Waals surface area (Å²) in [5.74, 6) is 0.423. The number of carbonyl (C=O) groups excluding carboxylic acids is 1. The molecular weight excluding hydrogens is 416 g/mol. The van der Waals surface area contributed by atoms with E-state index in [1.807, 2.05) is 37.3 Å². The first-order valence-corrected chi connectivity index (χ1v) is 9.07. The molecule has 0 atom stereocenters. The van der Waals surface area contributed by atoms with Crippen LogP contribution in [0.2, 0.25) is 0 Å². The van der Waals surface area contributed by atoms with Crippen LogP contribution in [-0.2, 0) is 20.8 Å². The number of ether oxygens (including phenoxy) is 5. The van der Waals surface area contributed by atoms with Crippen molar-refractivity contribution in [1.29, 1.82) is 0 Å². The summed E-state index contributed by atoms with van der Waals surface area (Å²) in [5, 5.41) is 0. The maximum absolute atomic E-state index is 12.5. The molecule has 0 heterocycles. The van der Waals surface area contributed by atoms with Gasteiger partial charge in [0.15, 0.2) is 13.6 Å². The van der Waals surface area contributed by atoms with Crippen LogP contribution in [0.25, 0.3) is 0 Å². The predicted molar refractivity (Wildman–Crippen MR) is 104 cm³/mol. The second kappa shape index (κ2) is 10.3. The molecule has 6 nitrogen and oxygen atoms in total. The molecule has 0 aliphatic heterocycles. The lowest BCUT2D eigenvalue weighted by Crippen LogP contribution is -2.15. The van der Waals surface area contributed by atoms with Crippen molar-refractivity contribution in [1.82, 2.24) is 0 Å². The third kappa shape index (κ3) is 5.22. The van der Waals surface area contributed by atoms with Crippen molar-refractivity contribution in [2.45, 2.75) is 20.5 Å². The van der Waals surface area contributed by atoms with Crippen molar-refractivity contribution in [2.75, 3.05) is 27.8 Å². The van der Waals surface area contributed by atoms with Crippen LogP contribution in [0.15, 0.2) is 34.8 Å². The maximum atomic E-state index is 12.5. The molecule has 0 fully saturated rings. The molecule has 0 N–H and O–H groups in total. The number of hydrogen-bond donors (Lipinski definition) is 0. The highest BCUT2D eigenvalue weighted by Gasteiger charge is 2.26. The highest BCUT2D eigenvalue weighted by atomic mass is 79.9. The Labute approximate surface area is 167 Å². The molecule has 2 aromatic carbocycles. The van der Waals surface area contributed by atoms with Crippen molar-refractivity contribution in [3.63, 3.8) is 0 Å². The van der Waals surface area contributed by atoms with Gasteiger partial charge >= 0.3 is 5.97 Å². The molecule has 0 spiro atoms. The summed E-state index contributed by atoms with van der Waals surface area (Å²) in [4.78, 5) is 12.5. The fourth-order valence-corrected chi connectivity index (χ4v) is 3.15. The number of rotatable bonds is 9. The Kier molecular flexibility index (Phi) is 8.09. The smallest absolute Gasteiger partial charge is 0.344 e. The molecule has 2 rings (SSSR count). The lowest BCUT2D eigenvalue weighted by Gasteiger charge is -2.21. The zero-order valence-electron chi connectivity index (χ0n) is 15.8. The monoisotopic (exact) mass is 438 g/mol. The summed E-state index contributed by atoms with van der Waals surface area (Å²) < 4.78 is 27.3. The lowest BCUT2D eigenvalue weighted by molar-refractivity contribution is -0.0133. The highest BCUT2D eigenvalue weighted by Crippen LogP contribution is 2.42. The number of carbonyl (C=O) groups is 1. The van der Waals surface area contributed by atoms with Crippen LogP contribution in [-0.4, -0.2) is 33.8 Å². The van der Waals surface area contributed by atoms with Crippen LogP contribution in [0.3, 0.4) is 0 Å². The maximum Gasteiger partial charge on any atom is 0.344 e. The Morgan fingerprint density at radius 1 is 0.926 bits per heavy atom. The number of hydrogen-bond acceptors (Lipinski definition) is 6. The first-order valence-electron chi connectivity index (χ1n) is 8.28. The normalized spacial score (nSPS) is 10.6.